The molecular weight excluding hydrogens is 514 g/mol. The van der Waals surface area contributed by atoms with Crippen LogP contribution in [0.15, 0.2) is 72.8 Å². The Hall–Kier alpha value is -2.76. The normalized spacial score (nSPS) is 11.2. The maximum absolute atomic E-state index is 12.1. The fourth-order valence-corrected chi connectivity index (χ4v) is 3.98. The highest BCUT2D eigenvalue weighted by atomic mass is 35.5. The molecule has 0 atom stereocenters. The summed E-state index contributed by atoms with van der Waals surface area (Å²) in [6.45, 7) is 0.709. The summed E-state index contributed by atoms with van der Waals surface area (Å²) in [6, 6.07) is 17.9. The Morgan fingerprint density at radius 3 is 1.24 bits per heavy atom. The molecule has 0 fully saturated rings. The van der Waals surface area contributed by atoms with Crippen molar-refractivity contribution in [2.24, 2.45) is 0 Å². The molecule has 0 aliphatic carbocycles. The van der Waals surface area contributed by atoms with Crippen LogP contribution in [0.25, 0.3) is 12.2 Å². The Balaban J connectivity index is 1.46. The molecule has 3 rings (SSSR count). The van der Waals surface area contributed by atoms with Gasteiger partial charge in [0.2, 0.25) is 11.8 Å². The molecule has 3 aromatic rings. The van der Waals surface area contributed by atoms with Gasteiger partial charge in [-0.2, -0.15) is 0 Å². The van der Waals surface area contributed by atoms with Crippen molar-refractivity contribution < 1.29 is 9.59 Å². The van der Waals surface area contributed by atoms with Crippen molar-refractivity contribution >= 4 is 70.4 Å². The van der Waals surface area contributed by atoms with Crippen LogP contribution in [-0.2, 0) is 22.7 Å². The van der Waals surface area contributed by atoms with Crippen LogP contribution in [0.5, 0.6) is 0 Å². The average Bonchev–Trinajstić information content (AvgIpc) is 2.81. The van der Waals surface area contributed by atoms with E-state index in [1.807, 2.05) is 24.3 Å². The number of benzene rings is 3. The van der Waals surface area contributed by atoms with E-state index in [0.29, 0.717) is 44.3 Å². The molecule has 0 saturated heterocycles. The van der Waals surface area contributed by atoms with Crippen LogP contribution >= 0.6 is 46.4 Å². The second kappa shape index (κ2) is 12.6. The van der Waals surface area contributed by atoms with E-state index in [0.717, 1.165) is 11.1 Å². The summed E-state index contributed by atoms with van der Waals surface area (Å²) in [4.78, 5) is 24.2. The Morgan fingerprint density at radius 2 is 0.912 bits per heavy atom. The first-order chi connectivity index (χ1) is 16.3. The minimum absolute atomic E-state index is 0.266. The SMILES string of the molecule is O=C(/C=C/c1c(Cl)cccc1Cl)NCc1ccc(CNC(=O)/C=C/c2c(Cl)cccc2Cl)cc1. The van der Waals surface area contributed by atoms with Crippen molar-refractivity contribution in [3.8, 4) is 0 Å². The molecule has 0 bridgehead atoms. The van der Waals surface area contributed by atoms with Crippen LogP contribution in [0, 0.1) is 0 Å². The lowest BCUT2D eigenvalue weighted by Crippen LogP contribution is -2.21. The quantitative estimate of drug-likeness (QED) is 0.307. The predicted octanol–water partition coefficient (Wildman–Crippen LogP) is 6.96. The maximum Gasteiger partial charge on any atom is 0.244 e. The van der Waals surface area contributed by atoms with Crippen molar-refractivity contribution in [3.05, 3.63) is 115 Å². The molecule has 2 amide bonds. The van der Waals surface area contributed by atoms with Gasteiger partial charge in [-0.25, -0.2) is 0 Å². The first kappa shape index (κ1) is 25.9. The lowest BCUT2D eigenvalue weighted by Gasteiger charge is -2.06. The Labute approximate surface area is 218 Å². The maximum atomic E-state index is 12.1. The third-order valence-electron chi connectivity index (χ3n) is 4.76. The molecule has 8 heteroatoms. The lowest BCUT2D eigenvalue weighted by atomic mass is 10.1. The van der Waals surface area contributed by atoms with Gasteiger partial charge >= 0.3 is 0 Å². The molecule has 0 aliphatic heterocycles. The highest BCUT2D eigenvalue weighted by Gasteiger charge is 2.05. The zero-order chi connectivity index (χ0) is 24.5. The highest BCUT2D eigenvalue weighted by Crippen LogP contribution is 2.26. The third kappa shape index (κ3) is 7.64. The standard InChI is InChI=1S/C26H20Cl4N2O2/c27-21-3-1-4-22(28)19(21)11-13-25(33)31-15-17-7-9-18(10-8-17)16-32-26(34)14-12-20-23(29)5-2-6-24(20)30/h1-14H,15-16H2,(H,31,33)(H,32,34)/b13-11+,14-12+. The van der Waals surface area contributed by atoms with E-state index < -0.39 is 0 Å². The van der Waals surface area contributed by atoms with E-state index in [4.69, 9.17) is 46.4 Å². The van der Waals surface area contributed by atoms with Crippen LogP contribution in [0.3, 0.4) is 0 Å². The number of rotatable bonds is 8. The lowest BCUT2D eigenvalue weighted by molar-refractivity contribution is -0.117. The molecule has 0 spiro atoms. The van der Waals surface area contributed by atoms with Gasteiger partial charge in [0.25, 0.3) is 0 Å². The van der Waals surface area contributed by atoms with Gasteiger partial charge in [-0.05, 0) is 47.5 Å². The van der Waals surface area contributed by atoms with Crippen LogP contribution in [0.1, 0.15) is 22.3 Å². The minimum atomic E-state index is -0.266. The van der Waals surface area contributed by atoms with Crippen molar-refractivity contribution in [2.75, 3.05) is 0 Å². The number of amides is 2. The van der Waals surface area contributed by atoms with Gasteiger partial charge in [-0.15, -0.1) is 0 Å². The molecule has 0 radical (unpaired) electrons. The first-order valence-corrected chi connectivity index (χ1v) is 11.7. The smallest absolute Gasteiger partial charge is 0.244 e. The van der Waals surface area contributed by atoms with E-state index in [-0.39, 0.29) is 11.8 Å². The van der Waals surface area contributed by atoms with Crippen LogP contribution in [0.4, 0.5) is 0 Å². The number of carbonyl (C=O) groups excluding carboxylic acids is 2. The minimum Gasteiger partial charge on any atom is -0.348 e. The molecule has 174 valence electrons. The second-order valence-corrected chi connectivity index (χ2v) is 8.82. The summed E-state index contributed by atoms with van der Waals surface area (Å²) < 4.78 is 0. The van der Waals surface area contributed by atoms with E-state index in [1.165, 1.54) is 12.2 Å². The molecule has 0 aliphatic rings. The summed E-state index contributed by atoms with van der Waals surface area (Å²) >= 11 is 24.4. The fourth-order valence-electron chi connectivity index (χ4n) is 2.93. The van der Waals surface area contributed by atoms with Gasteiger partial charge in [0.05, 0.1) is 0 Å². The summed E-state index contributed by atoms with van der Waals surface area (Å²) in [5.41, 5.74) is 3.02. The molecule has 4 nitrogen and oxygen atoms in total. The fraction of sp³-hybridized carbons (Fsp3) is 0.0769. The molecule has 0 aromatic heterocycles. The Morgan fingerprint density at radius 1 is 0.588 bits per heavy atom. The van der Waals surface area contributed by atoms with Crippen LogP contribution < -0.4 is 10.6 Å². The first-order valence-electron chi connectivity index (χ1n) is 10.2. The van der Waals surface area contributed by atoms with Crippen LogP contribution in [0.2, 0.25) is 20.1 Å². The zero-order valence-corrected chi connectivity index (χ0v) is 20.8. The van der Waals surface area contributed by atoms with Gasteiger partial charge in [-0.3, -0.25) is 9.59 Å². The predicted molar refractivity (Wildman–Crippen MR) is 141 cm³/mol. The topological polar surface area (TPSA) is 58.2 Å². The van der Waals surface area contributed by atoms with Crippen LogP contribution in [-0.4, -0.2) is 11.8 Å². The van der Waals surface area contributed by atoms with Crippen molar-refractivity contribution in [3.63, 3.8) is 0 Å². The van der Waals surface area contributed by atoms with Gasteiger partial charge in [-0.1, -0.05) is 82.8 Å². The Kier molecular flexibility index (Phi) is 9.61. The third-order valence-corrected chi connectivity index (χ3v) is 6.08. The largest absolute Gasteiger partial charge is 0.348 e. The summed E-state index contributed by atoms with van der Waals surface area (Å²) in [7, 11) is 0. The monoisotopic (exact) mass is 532 g/mol. The van der Waals surface area contributed by atoms with Crippen molar-refractivity contribution in [1.82, 2.24) is 10.6 Å². The molecule has 0 saturated carbocycles. The molecule has 34 heavy (non-hydrogen) atoms. The van der Waals surface area contributed by atoms with E-state index in [1.54, 1.807) is 48.6 Å². The number of hydrogen-bond acceptors (Lipinski definition) is 2. The Bertz CT molecular complexity index is 1100. The molecule has 0 heterocycles. The summed E-state index contributed by atoms with van der Waals surface area (Å²) in [5.74, 6) is -0.532. The zero-order valence-electron chi connectivity index (χ0n) is 17.8. The van der Waals surface area contributed by atoms with Gasteiger partial charge in [0.1, 0.15) is 0 Å². The number of carbonyl (C=O) groups is 2. The van der Waals surface area contributed by atoms with Gasteiger partial charge in [0, 0.05) is 56.5 Å². The number of hydrogen-bond donors (Lipinski definition) is 2. The van der Waals surface area contributed by atoms with Gasteiger partial charge < -0.3 is 10.6 Å². The number of nitrogens with one attached hydrogen (secondary N) is 2. The molecule has 0 unspecified atom stereocenters. The van der Waals surface area contributed by atoms with Crippen molar-refractivity contribution in [2.45, 2.75) is 13.1 Å². The summed E-state index contributed by atoms with van der Waals surface area (Å²) in [6.07, 6.45) is 5.94. The van der Waals surface area contributed by atoms with Gasteiger partial charge in [0.15, 0.2) is 0 Å². The highest BCUT2D eigenvalue weighted by molar-refractivity contribution is 6.37. The number of halogens is 4. The van der Waals surface area contributed by atoms with E-state index in [9.17, 15) is 9.59 Å². The van der Waals surface area contributed by atoms with E-state index in [2.05, 4.69) is 10.6 Å². The second-order valence-electron chi connectivity index (χ2n) is 7.19. The molecular formula is C26H20Cl4N2O2. The summed E-state index contributed by atoms with van der Waals surface area (Å²) in [5, 5.41) is 7.51. The molecule has 2 N–H and O–H groups in total. The molecule has 3 aromatic carbocycles. The average molecular weight is 534 g/mol. The van der Waals surface area contributed by atoms with E-state index >= 15 is 0 Å². The van der Waals surface area contributed by atoms with Crippen molar-refractivity contribution in [1.29, 1.82) is 0 Å².